The molecule has 0 aromatic heterocycles. The lowest BCUT2D eigenvalue weighted by Crippen LogP contribution is -2.53. The van der Waals surface area contributed by atoms with Gasteiger partial charge >= 0.3 is 0 Å². The molecule has 0 saturated carbocycles. The molecule has 1 aliphatic heterocycles. The Labute approximate surface area is 273 Å². The van der Waals surface area contributed by atoms with Gasteiger partial charge in [0.05, 0.1) is 6.29 Å². The molecule has 2 rings (SSSR count). The van der Waals surface area contributed by atoms with E-state index in [1.165, 1.54) is 11.9 Å². The van der Waals surface area contributed by atoms with Crippen molar-refractivity contribution in [2.75, 3.05) is 26.0 Å². The van der Waals surface area contributed by atoms with Crippen LogP contribution in [0.15, 0.2) is 30.3 Å². The molecule has 0 radical (unpaired) electrons. The van der Waals surface area contributed by atoms with Crippen LogP contribution < -0.4 is 21.3 Å². The third-order valence-electron chi connectivity index (χ3n) is 7.90. The number of likely N-dealkylation sites (N-methyl/N-ethyl adjacent to an activating group) is 1. The molecule has 1 aromatic rings. The minimum Gasteiger partial charge on any atom is -0.357 e. The summed E-state index contributed by atoms with van der Waals surface area (Å²) in [5, 5.41) is 10.6. The Morgan fingerprint density at radius 1 is 0.848 bits per heavy atom. The molecule has 258 valence electrons. The average Bonchev–Trinajstić information content (AvgIpc) is 3.48. The number of nitrogens with one attached hydrogen (secondary N) is 4. The Balaban J connectivity index is 2.10. The second-order valence-corrected chi connectivity index (χ2v) is 15.9. The first-order chi connectivity index (χ1) is 21.5. The van der Waals surface area contributed by atoms with E-state index in [9.17, 15) is 33.4 Å². The van der Waals surface area contributed by atoms with Crippen molar-refractivity contribution in [2.45, 2.75) is 91.8 Å². The summed E-state index contributed by atoms with van der Waals surface area (Å²) < 4.78 is 13.3. The quantitative estimate of drug-likeness (QED) is 0.159. The molecule has 0 spiro atoms. The number of carbonyl (C=O) groups excluding carboxylic acids is 5. The van der Waals surface area contributed by atoms with Crippen molar-refractivity contribution in [3.8, 4) is 0 Å². The molecule has 2 unspecified atom stereocenters. The van der Waals surface area contributed by atoms with Crippen LogP contribution in [0.2, 0.25) is 0 Å². The van der Waals surface area contributed by atoms with Crippen LogP contribution in [-0.4, -0.2) is 83.5 Å². The lowest BCUT2D eigenvalue weighted by molar-refractivity contribution is -0.131. The number of hydrogen-bond acceptors (Lipinski definition) is 6. The van der Waals surface area contributed by atoms with Crippen molar-refractivity contribution < 1.29 is 33.4 Å². The molecule has 1 saturated heterocycles. The van der Waals surface area contributed by atoms with Gasteiger partial charge in [0, 0.05) is 31.2 Å². The summed E-state index contributed by atoms with van der Waals surface area (Å²) in [5.74, 6) is -2.82. The molecule has 1 aliphatic rings. The average molecular weight is 664 g/mol. The van der Waals surface area contributed by atoms with Crippen LogP contribution in [0.25, 0.3) is 0 Å². The first kappa shape index (κ1) is 38.9. The van der Waals surface area contributed by atoms with Crippen molar-refractivity contribution in [1.82, 2.24) is 26.2 Å². The number of amides is 5. The van der Waals surface area contributed by atoms with E-state index >= 15 is 0 Å². The summed E-state index contributed by atoms with van der Waals surface area (Å²) >= 11 is 0. The minimum atomic E-state index is -4.06. The molecule has 5 N–H and O–H groups in total. The molecular formula is C33H54N5O7P. The van der Waals surface area contributed by atoms with Crippen LogP contribution in [0.5, 0.6) is 0 Å². The molecule has 5 atom stereocenters. The van der Waals surface area contributed by atoms with Gasteiger partial charge in [-0.2, -0.15) is 0 Å². The number of rotatable bonds is 17. The summed E-state index contributed by atoms with van der Waals surface area (Å²) in [6, 6.07) is 6.22. The standard InChI is InChI=1S/C33H54N5O7P/c1-21(2)16-25(29(39)36-26(17-22(3)4)30(40)34-7)19-46(44,45)20-35-31(41)27(18-23(5)6)37-32(42)28-14-11-15-38(28)33(43)24-12-9-8-10-13-24/h8-10,12-13,21-23,25-28H,11,14-20H2,1-7H3,(H,34,40)(H,35,41)(H,36,39)(H,37,42)(H,44,45)/t25?,26-,27-,28-/m0/s1. The first-order valence-corrected chi connectivity index (χ1v) is 18.3. The highest BCUT2D eigenvalue weighted by Gasteiger charge is 2.37. The zero-order valence-corrected chi connectivity index (χ0v) is 29.3. The molecule has 1 heterocycles. The fourth-order valence-corrected chi connectivity index (χ4v) is 7.27. The van der Waals surface area contributed by atoms with E-state index in [-0.39, 0.29) is 42.2 Å². The molecule has 13 heteroatoms. The summed E-state index contributed by atoms with van der Waals surface area (Å²) in [4.78, 5) is 77.8. The van der Waals surface area contributed by atoms with E-state index in [2.05, 4.69) is 21.3 Å². The molecule has 12 nitrogen and oxygen atoms in total. The molecule has 5 amide bonds. The van der Waals surface area contributed by atoms with Gasteiger partial charge in [-0.3, -0.25) is 28.5 Å². The second-order valence-electron chi connectivity index (χ2n) is 13.6. The fraction of sp³-hybridized carbons (Fsp3) is 0.667. The normalized spacial score (nSPS) is 18.1. The fourth-order valence-electron chi connectivity index (χ4n) is 5.73. The minimum absolute atomic E-state index is 0.0147. The molecule has 0 bridgehead atoms. The molecular weight excluding hydrogens is 609 g/mol. The van der Waals surface area contributed by atoms with Crippen LogP contribution in [0.3, 0.4) is 0 Å². The van der Waals surface area contributed by atoms with Crippen LogP contribution in [0.1, 0.15) is 84.0 Å². The van der Waals surface area contributed by atoms with Crippen molar-refractivity contribution in [3.05, 3.63) is 35.9 Å². The van der Waals surface area contributed by atoms with Gasteiger partial charge in [-0.25, -0.2) is 0 Å². The van der Waals surface area contributed by atoms with Crippen molar-refractivity contribution >= 4 is 36.9 Å². The smallest absolute Gasteiger partial charge is 0.254 e. The highest BCUT2D eigenvalue weighted by molar-refractivity contribution is 7.58. The first-order valence-electron chi connectivity index (χ1n) is 16.3. The summed E-state index contributed by atoms with van der Waals surface area (Å²) in [6.45, 7) is 11.9. The monoisotopic (exact) mass is 663 g/mol. The van der Waals surface area contributed by atoms with Crippen LogP contribution in [0.4, 0.5) is 0 Å². The third kappa shape index (κ3) is 12.5. The Bertz CT molecular complexity index is 1240. The summed E-state index contributed by atoms with van der Waals surface area (Å²) in [7, 11) is -2.57. The maximum atomic E-state index is 13.4. The topological polar surface area (TPSA) is 174 Å². The second kappa shape index (κ2) is 18.2. The van der Waals surface area contributed by atoms with Gasteiger partial charge in [0.2, 0.25) is 31.0 Å². The largest absolute Gasteiger partial charge is 0.357 e. The summed E-state index contributed by atoms with van der Waals surface area (Å²) in [5.41, 5.74) is 0.478. The van der Waals surface area contributed by atoms with E-state index < -0.39 is 55.4 Å². The molecule has 1 aromatic carbocycles. The van der Waals surface area contributed by atoms with E-state index in [0.29, 0.717) is 37.8 Å². The van der Waals surface area contributed by atoms with E-state index in [0.717, 1.165) is 0 Å². The third-order valence-corrected chi connectivity index (χ3v) is 9.56. The maximum Gasteiger partial charge on any atom is 0.254 e. The van der Waals surface area contributed by atoms with Gasteiger partial charge in [-0.05, 0) is 62.0 Å². The Kier molecular flexibility index (Phi) is 15.4. The van der Waals surface area contributed by atoms with Crippen molar-refractivity contribution in [3.63, 3.8) is 0 Å². The van der Waals surface area contributed by atoms with Crippen LogP contribution >= 0.6 is 7.37 Å². The Hall–Kier alpha value is -3.24. The highest BCUT2D eigenvalue weighted by Crippen LogP contribution is 2.42. The Morgan fingerprint density at radius 2 is 1.41 bits per heavy atom. The Morgan fingerprint density at radius 3 is 1.96 bits per heavy atom. The van der Waals surface area contributed by atoms with Crippen molar-refractivity contribution in [2.24, 2.45) is 23.7 Å². The number of hydrogen-bond donors (Lipinski definition) is 5. The van der Waals surface area contributed by atoms with E-state index in [4.69, 9.17) is 0 Å². The van der Waals surface area contributed by atoms with Gasteiger partial charge in [0.15, 0.2) is 0 Å². The molecule has 1 fully saturated rings. The number of benzene rings is 1. The molecule has 46 heavy (non-hydrogen) atoms. The van der Waals surface area contributed by atoms with Gasteiger partial charge in [0.1, 0.15) is 18.1 Å². The highest BCUT2D eigenvalue weighted by atomic mass is 31.2. The SMILES string of the molecule is CNC(=O)[C@H](CC(C)C)NC(=O)C(CC(C)C)CP(=O)(O)CNC(=O)[C@H](CC(C)C)NC(=O)[C@@H]1CCCN1C(=O)c1ccccc1. The van der Waals surface area contributed by atoms with Gasteiger partial charge in [0.25, 0.3) is 5.91 Å². The van der Waals surface area contributed by atoms with Gasteiger partial charge < -0.3 is 31.1 Å². The zero-order chi connectivity index (χ0) is 34.6. The number of carbonyl (C=O) groups is 5. The lowest BCUT2D eigenvalue weighted by Gasteiger charge is -2.28. The molecule has 0 aliphatic carbocycles. The van der Waals surface area contributed by atoms with Gasteiger partial charge in [-0.1, -0.05) is 59.7 Å². The number of nitrogens with zero attached hydrogens (tertiary/aromatic N) is 1. The number of likely N-dealkylation sites (tertiary alicyclic amines) is 1. The maximum absolute atomic E-state index is 13.4. The van der Waals surface area contributed by atoms with Crippen molar-refractivity contribution in [1.29, 1.82) is 0 Å². The zero-order valence-electron chi connectivity index (χ0n) is 28.4. The van der Waals surface area contributed by atoms with E-state index in [1.807, 2.05) is 41.5 Å². The van der Waals surface area contributed by atoms with E-state index in [1.54, 1.807) is 30.3 Å². The predicted molar refractivity (Wildman–Crippen MR) is 178 cm³/mol. The summed E-state index contributed by atoms with van der Waals surface area (Å²) in [6.07, 6.45) is 1.17. The predicted octanol–water partition coefficient (Wildman–Crippen LogP) is 3.11. The van der Waals surface area contributed by atoms with Crippen LogP contribution in [-0.2, 0) is 23.7 Å². The van der Waals surface area contributed by atoms with Crippen LogP contribution in [0, 0.1) is 23.7 Å². The van der Waals surface area contributed by atoms with Gasteiger partial charge in [-0.15, -0.1) is 0 Å². The lowest BCUT2D eigenvalue weighted by atomic mass is 9.96.